The highest BCUT2D eigenvalue weighted by atomic mass is 32.2. The maximum absolute atomic E-state index is 13.8. The molecule has 1 unspecified atom stereocenters. The molecule has 4 heterocycles. The highest BCUT2D eigenvalue weighted by Crippen LogP contribution is 2.32. The molecule has 450 valence electrons. The average Bonchev–Trinajstić information content (AvgIpc) is 2.65. The number of likely N-dealkylation sites (N-methyl/N-ethyl adjacent to an activating group) is 1. The second-order valence-corrected chi connectivity index (χ2v) is 22.4. The lowest BCUT2D eigenvalue weighted by Gasteiger charge is -2.23. The molecule has 0 N–H and O–H groups in total. The first-order valence-corrected chi connectivity index (χ1v) is 29.8. The number of likely N-dealkylation sites (tertiary alicyclic amines) is 2. The number of alkyl halides is 3. The number of fused-ring (bicyclic) bond motifs is 2. The van der Waals surface area contributed by atoms with E-state index >= 15 is 0 Å². The summed E-state index contributed by atoms with van der Waals surface area (Å²) in [5.41, 5.74) is 1.71. The standard InChI is InChI=1S/C31H36N4O4S.C25H32N4O2.C9H6F4O/c1-38-25-12-10-24(11-13-25)35-30(32-29-9-4-3-8-28(29)31(35)36)18-23-34(22-7-21-33-19-5-6-20-33)40(37)27-16-14-26(39-2)15-17-27;1-27(15-7-18-28-16-5-6-17-28)19-14-24-26-23-9-4-3-8-22(23)25(30)29(24)20-10-12-21(31-2)13-11-20;10-8-5-6(3-4-14)1-2-7(8)9(11,12)13/h3-4,8-17H,5-7,18-23H2,1-2H3;3-4,8-13H,5-7,14-19H2,1-2H3;1-2,4-5H,3H2. The van der Waals surface area contributed by atoms with Gasteiger partial charge in [-0.15, -0.1) is 0 Å². The Balaban J connectivity index is 0.000000184. The number of carbonyl (C=O) groups excluding carboxylic acids is 1. The lowest BCUT2D eigenvalue weighted by molar-refractivity contribution is -0.140. The summed E-state index contributed by atoms with van der Waals surface area (Å²) < 4.78 is 84.1. The van der Waals surface area contributed by atoms with Gasteiger partial charge >= 0.3 is 6.18 Å². The van der Waals surface area contributed by atoms with E-state index in [2.05, 4.69) is 21.7 Å². The molecule has 2 aliphatic heterocycles. The maximum atomic E-state index is 13.8. The number of ether oxygens (including phenoxy) is 3. The van der Waals surface area contributed by atoms with Crippen LogP contribution in [0.5, 0.6) is 17.2 Å². The molecule has 20 heteroatoms. The van der Waals surface area contributed by atoms with Crippen molar-refractivity contribution < 1.29 is 40.8 Å². The molecular weight excluding hydrogens is 1110 g/mol. The number of benzene rings is 6. The van der Waals surface area contributed by atoms with Gasteiger partial charge in [0, 0.05) is 38.9 Å². The van der Waals surface area contributed by atoms with Gasteiger partial charge in [0.05, 0.1) is 65.0 Å². The summed E-state index contributed by atoms with van der Waals surface area (Å²) in [6, 6.07) is 39.8. The van der Waals surface area contributed by atoms with E-state index in [1.165, 1.54) is 51.7 Å². The van der Waals surface area contributed by atoms with Crippen molar-refractivity contribution in [1.29, 1.82) is 0 Å². The minimum Gasteiger partial charge on any atom is -0.497 e. The smallest absolute Gasteiger partial charge is 0.419 e. The lowest BCUT2D eigenvalue weighted by Crippen LogP contribution is -2.33. The fourth-order valence-electron chi connectivity index (χ4n) is 10.5. The third kappa shape index (κ3) is 17.3. The number of para-hydroxylation sites is 2. The van der Waals surface area contributed by atoms with Crippen LogP contribution in [0.15, 0.2) is 154 Å². The molecule has 2 saturated heterocycles. The first-order valence-electron chi connectivity index (χ1n) is 28.7. The number of aldehydes is 1. The SMILES string of the molecule is COc1ccc(-n2c(CCN(C)CCCN3CCCC3)nc3ccccc3c2=O)cc1.COc1ccc(-n2c(CCN(CCCN3CCCC3)S(=O)c3ccc(OC)cc3)nc3ccccc3c2=O)cc1.O=CCc1ccc(C(F)(F)F)c(F)c1. The van der Waals surface area contributed by atoms with Gasteiger partial charge in [-0.1, -0.05) is 30.3 Å². The van der Waals surface area contributed by atoms with Gasteiger partial charge in [0.15, 0.2) is 0 Å². The number of halogens is 4. The van der Waals surface area contributed by atoms with Gasteiger partial charge in [0.1, 0.15) is 52.0 Å². The Labute approximate surface area is 496 Å². The van der Waals surface area contributed by atoms with Crippen molar-refractivity contribution in [3.05, 3.63) is 189 Å². The van der Waals surface area contributed by atoms with Crippen LogP contribution in [-0.2, 0) is 41.2 Å². The van der Waals surface area contributed by atoms with Crippen molar-refractivity contribution in [2.45, 2.75) is 68.9 Å². The molecule has 85 heavy (non-hydrogen) atoms. The van der Waals surface area contributed by atoms with E-state index in [0.717, 1.165) is 90.4 Å². The van der Waals surface area contributed by atoms with Crippen molar-refractivity contribution in [2.75, 3.05) is 93.8 Å². The van der Waals surface area contributed by atoms with Crippen LogP contribution in [0.1, 0.15) is 61.3 Å². The summed E-state index contributed by atoms with van der Waals surface area (Å²) in [5.74, 6) is 2.28. The third-order valence-corrected chi connectivity index (χ3v) is 16.6. The number of nitrogens with zero attached hydrogens (tertiary/aromatic N) is 8. The topological polar surface area (TPSA) is 145 Å². The van der Waals surface area contributed by atoms with E-state index in [1.807, 2.05) is 120 Å². The zero-order valence-corrected chi connectivity index (χ0v) is 49.5. The minimum absolute atomic E-state index is 0.0255. The summed E-state index contributed by atoms with van der Waals surface area (Å²) in [6.07, 6.45) is 4.16. The Morgan fingerprint density at radius 2 is 1.04 bits per heavy atom. The van der Waals surface area contributed by atoms with Crippen LogP contribution in [0.3, 0.4) is 0 Å². The Bertz CT molecular complexity index is 3590. The van der Waals surface area contributed by atoms with Crippen LogP contribution in [0, 0.1) is 5.82 Å². The maximum Gasteiger partial charge on any atom is 0.419 e. The molecule has 0 spiro atoms. The molecule has 8 aromatic rings. The number of carbonyl (C=O) groups is 1. The monoisotopic (exact) mass is 1190 g/mol. The van der Waals surface area contributed by atoms with Gasteiger partial charge < -0.3 is 33.7 Å². The summed E-state index contributed by atoms with van der Waals surface area (Å²) in [7, 11) is 5.66. The summed E-state index contributed by atoms with van der Waals surface area (Å²) in [5, 5.41) is 1.20. The molecule has 0 amide bonds. The van der Waals surface area contributed by atoms with Crippen LogP contribution >= 0.6 is 0 Å². The van der Waals surface area contributed by atoms with Crippen LogP contribution in [0.25, 0.3) is 33.2 Å². The minimum atomic E-state index is -4.69. The van der Waals surface area contributed by atoms with Crippen LogP contribution in [0.4, 0.5) is 17.6 Å². The number of methoxy groups -OCH3 is 3. The summed E-state index contributed by atoms with van der Waals surface area (Å²) in [4.78, 5) is 54.9. The fourth-order valence-corrected chi connectivity index (χ4v) is 11.7. The van der Waals surface area contributed by atoms with Gasteiger partial charge in [0.25, 0.3) is 11.1 Å². The lowest BCUT2D eigenvalue weighted by atomic mass is 10.1. The average molecular weight is 1190 g/mol. The van der Waals surface area contributed by atoms with Gasteiger partial charge in [0.2, 0.25) is 0 Å². The van der Waals surface area contributed by atoms with Crippen molar-refractivity contribution in [3.8, 4) is 28.6 Å². The predicted octanol–water partition coefficient (Wildman–Crippen LogP) is 10.4. The van der Waals surface area contributed by atoms with E-state index in [9.17, 15) is 36.2 Å². The number of hydrogen-bond acceptors (Lipinski definition) is 12. The van der Waals surface area contributed by atoms with Crippen LogP contribution < -0.4 is 25.3 Å². The second kappa shape index (κ2) is 31.0. The number of hydrogen-bond donors (Lipinski definition) is 0. The molecule has 2 aromatic heterocycles. The molecule has 0 aliphatic carbocycles. The Kier molecular flexibility index (Phi) is 23.1. The molecule has 1 atom stereocenters. The van der Waals surface area contributed by atoms with E-state index in [-0.39, 0.29) is 23.1 Å². The molecular formula is C65H74F4N8O7S. The van der Waals surface area contributed by atoms with E-state index in [0.29, 0.717) is 66.1 Å². The largest absolute Gasteiger partial charge is 0.497 e. The quantitative estimate of drug-likeness (QED) is 0.0444. The highest BCUT2D eigenvalue weighted by molar-refractivity contribution is 7.82. The summed E-state index contributed by atoms with van der Waals surface area (Å²) in [6.45, 7) is 10.0. The molecule has 6 aromatic carbocycles. The first kappa shape index (κ1) is 63.4. The Morgan fingerprint density at radius 1 is 0.588 bits per heavy atom. The second-order valence-electron chi connectivity index (χ2n) is 20.9. The van der Waals surface area contributed by atoms with E-state index in [1.54, 1.807) is 36.5 Å². The van der Waals surface area contributed by atoms with Crippen molar-refractivity contribution >= 4 is 39.1 Å². The van der Waals surface area contributed by atoms with Gasteiger partial charge in [-0.05, 0) is 206 Å². The van der Waals surface area contributed by atoms with Crippen LogP contribution in [-0.4, -0.2) is 142 Å². The first-order chi connectivity index (χ1) is 41.2. The Hall–Kier alpha value is -7.62. The van der Waals surface area contributed by atoms with E-state index < -0.39 is 28.5 Å². The fraction of sp³-hybridized carbons (Fsp3) is 0.369. The third-order valence-electron chi connectivity index (χ3n) is 15.1. The van der Waals surface area contributed by atoms with Gasteiger partial charge in [-0.3, -0.25) is 18.7 Å². The van der Waals surface area contributed by atoms with Crippen molar-refractivity contribution in [1.82, 2.24) is 38.1 Å². The van der Waals surface area contributed by atoms with E-state index in [4.69, 9.17) is 24.2 Å². The zero-order valence-electron chi connectivity index (χ0n) is 48.6. The number of aromatic nitrogens is 4. The van der Waals surface area contributed by atoms with Crippen molar-refractivity contribution in [2.24, 2.45) is 0 Å². The summed E-state index contributed by atoms with van der Waals surface area (Å²) >= 11 is 0. The Morgan fingerprint density at radius 3 is 1.48 bits per heavy atom. The molecule has 15 nitrogen and oxygen atoms in total. The van der Waals surface area contributed by atoms with Gasteiger partial charge in [-0.25, -0.2) is 22.9 Å². The van der Waals surface area contributed by atoms with Crippen LogP contribution in [0.2, 0.25) is 0 Å². The van der Waals surface area contributed by atoms with Crippen molar-refractivity contribution in [3.63, 3.8) is 0 Å². The molecule has 0 bridgehead atoms. The highest BCUT2D eigenvalue weighted by Gasteiger charge is 2.34. The van der Waals surface area contributed by atoms with Gasteiger partial charge in [-0.2, -0.15) is 13.2 Å². The zero-order chi connectivity index (χ0) is 60.3. The molecule has 0 radical (unpaired) electrons. The molecule has 2 aliphatic rings. The normalized spacial score (nSPS) is 14.0. The number of rotatable bonds is 23. The molecule has 10 rings (SSSR count). The molecule has 0 saturated carbocycles. The predicted molar refractivity (Wildman–Crippen MR) is 325 cm³/mol. The molecule has 2 fully saturated rings.